The van der Waals surface area contributed by atoms with Crippen molar-refractivity contribution >= 4 is 11.9 Å². The van der Waals surface area contributed by atoms with Gasteiger partial charge in [-0.05, 0) is 42.5 Å². The van der Waals surface area contributed by atoms with Crippen LogP contribution in [0.1, 0.15) is 27.9 Å². The monoisotopic (exact) mass is 312 g/mol. The first-order valence-electron chi connectivity index (χ1n) is 7.36. The van der Waals surface area contributed by atoms with Gasteiger partial charge < -0.3 is 16.6 Å². The third-order valence-corrected chi connectivity index (χ3v) is 3.91. The van der Waals surface area contributed by atoms with E-state index in [2.05, 4.69) is 0 Å². The number of carboxylic acid groups (broad SMARTS) is 1. The maximum Gasteiger partial charge on any atom is 0.335 e. The number of benzene rings is 2. The van der Waals surface area contributed by atoms with E-state index in [1.807, 2.05) is 30.3 Å². The summed E-state index contributed by atoms with van der Waals surface area (Å²) in [5, 5.41) is 8.89. The van der Waals surface area contributed by atoms with Crippen LogP contribution >= 0.6 is 0 Å². The lowest BCUT2D eigenvalue weighted by atomic mass is 9.85. The molecule has 5 heteroatoms. The number of primary amides is 1. The molecule has 0 heterocycles. The van der Waals surface area contributed by atoms with Crippen LogP contribution in [-0.4, -0.2) is 22.5 Å². The summed E-state index contributed by atoms with van der Waals surface area (Å²) >= 11 is 0. The van der Waals surface area contributed by atoms with E-state index in [0.717, 1.165) is 11.1 Å². The Morgan fingerprint density at radius 1 is 0.957 bits per heavy atom. The fraction of sp³-hybridized carbons (Fsp3) is 0.222. The van der Waals surface area contributed by atoms with Crippen molar-refractivity contribution in [2.45, 2.75) is 24.8 Å². The van der Waals surface area contributed by atoms with Gasteiger partial charge in [-0.15, -0.1) is 0 Å². The third-order valence-electron chi connectivity index (χ3n) is 3.91. The van der Waals surface area contributed by atoms with Crippen molar-refractivity contribution in [1.82, 2.24) is 0 Å². The highest BCUT2D eigenvalue weighted by Gasteiger charge is 2.31. The number of aromatic carboxylic acids is 1. The number of aryl methyl sites for hydroxylation is 1. The Balaban J connectivity index is 2.07. The van der Waals surface area contributed by atoms with Crippen LogP contribution in [0.5, 0.6) is 0 Å². The molecule has 0 spiro atoms. The van der Waals surface area contributed by atoms with E-state index in [-0.39, 0.29) is 5.56 Å². The van der Waals surface area contributed by atoms with E-state index >= 15 is 0 Å². The minimum Gasteiger partial charge on any atom is -0.478 e. The average molecular weight is 312 g/mol. The Morgan fingerprint density at radius 3 is 2.09 bits per heavy atom. The Kier molecular flexibility index (Phi) is 5.13. The second-order valence-corrected chi connectivity index (χ2v) is 5.68. The molecular formula is C18H20N2O3. The number of hydrogen-bond acceptors (Lipinski definition) is 3. The molecule has 5 nitrogen and oxygen atoms in total. The summed E-state index contributed by atoms with van der Waals surface area (Å²) in [5.74, 6) is -1.51. The topological polar surface area (TPSA) is 106 Å². The van der Waals surface area contributed by atoms with E-state index in [0.29, 0.717) is 19.3 Å². The van der Waals surface area contributed by atoms with Crippen LogP contribution in [0.3, 0.4) is 0 Å². The number of carboxylic acids is 1. The molecule has 23 heavy (non-hydrogen) atoms. The number of rotatable bonds is 7. The minimum absolute atomic E-state index is 0.229. The first kappa shape index (κ1) is 16.7. The predicted octanol–water partition coefficient (Wildman–Crippen LogP) is 1.74. The van der Waals surface area contributed by atoms with E-state index in [9.17, 15) is 9.59 Å². The summed E-state index contributed by atoms with van der Waals surface area (Å²) in [6.07, 6.45) is 1.31. The highest BCUT2D eigenvalue weighted by molar-refractivity contribution is 5.87. The van der Waals surface area contributed by atoms with Gasteiger partial charge in [-0.2, -0.15) is 0 Å². The molecule has 1 atom stereocenters. The Hall–Kier alpha value is -2.66. The summed E-state index contributed by atoms with van der Waals surface area (Å²) in [6.45, 7) is 0. The molecule has 0 aliphatic heterocycles. The van der Waals surface area contributed by atoms with Crippen molar-refractivity contribution in [3.05, 3.63) is 71.3 Å². The largest absolute Gasteiger partial charge is 0.478 e. The maximum atomic E-state index is 11.8. The van der Waals surface area contributed by atoms with Gasteiger partial charge in [0.25, 0.3) is 0 Å². The third kappa shape index (κ3) is 4.40. The first-order valence-corrected chi connectivity index (χ1v) is 7.36. The summed E-state index contributed by atoms with van der Waals surface area (Å²) in [4.78, 5) is 22.7. The van der Waals surface area contributed by atoms with E-state index < -0.39 is 17.4 Å². The molecule has 0 radical (unpaired) electrons. The van der Waals surface area contributed by atoms with Crippen molar-refractivity contribution in [1.29, 1.82) is 0 Å². The fourth-order valence-corrected chi connectivity index (χ4v) is 2.44. The smallest absolute Gasteiger partial charge is 0.335 e. The summed E-state index contributed by atoms with van der Waals surface area (Å²) < 4.78 is 0. The number of carbonyl (C=O) groups is 2. The quantitative estimate of drug-likeness (QED) is 0.724. The molecule has 5 N–H and O–H groups in total. The van der Waals surface area contributed by atoms with Crippen molar-refractivity contribution in [2.75, 3.05) is 0 Å². The number of nitrogens with two attached hydrogens (primary N) is 2. The molecule has 0 saturated heterocycles. The van der Waals surface area contributed by atoms with Gasteiger partial charge in [-0.3, -0.25) is 4.79 Å². The number of hydrogen-bond donors (Lipinski definition) is 3. The van der Waals surface area contributed by atoms with Crippen molar-refractivity contribution in [2.24, 2.45) is 11.5 Å². The zero-order chi connectivity index (χ0) is 16.9. The second-order valence-electron chi connectivity index (χ2n) is 5.68. The Morgan fingerprint density at radius 2 is 1.57 bits per heavy atom. The van der Waals surface area contributed by atoms with Crippen LogP contribution in [0, 0.1) is 0 Å². The summed E-state index contributed by atoms with van der Waals surface area (Å²) in [7, 11) is 0. The lowest BCUT2D eigenvalue weighted by molar-refractivity contribution is -0.123. The zero-order valence-electron chi connectivity index (χ0n) is 12.7. The molecule has 0 aliphatic rings. The van der Waals surface area contributed by atoms with Crippen molar-refractivity contribution in [3.8, 4) is 0 Å². The predicted molar refractivity (Wildman–Crippen MR) is 88.0 cm³/mol. The molecule has 0 unspecified atom stereocenters. The van der Waals surface area contributed by atoms with Gasteiger partial charge in [-0.1, -0.05) is 42.5 Å². The van der Waals surface area contributed by atoms with Crippen molar-refractivity contribution < 1.29 is 14.7 Å². The Bertz CT molecular complexity index is 683. The normalized spacial score (nSPS) is 13.3. The van der Waals surface area contributed by atoms with Crippen molar-refractivity contribution in [3.63, 3.8) is 0 Å². The van der Waals surface area contributed by atoms with Crippen LogP contribution < -0.4 is 11.5 Å². The Labute approximate surface area is 134 Å². The van der Waals surface area contributed by atoms with Gasteiger partial charge in [0.2, 0.25) is 5.91 Å². The average Bonchev–Trinajstić information content (AvgIpc) is 2.54. The van der Waals surface area contributed by atoms with Crippen LogP contribution in [0.2, 0.25) is 0 Å². The standard InChI is InChI=1S/C18H20N2O3/c19-17(23)18(20,12-14-4-2-1-3-5-14)11-10-13-6-8-15(9-7-13)16(21)22/h1-9H,10-12,20H2,(H2,19,23)(H,21,22)/t18-/m0/s1. The molecule has 0 bridgehead atoms. The molecule has 1 amide bonds. The molecule has 0 fully saturated rings. The SMILES string of the molecule is NC(=O)[C@](N)(CCc1ccc(C(=O)O)cc1)Cc1ccccc1. The highest BCUT2D eigenvalue weighted by atomic mass is 16.4. The molecular weight excluding hydrogens is 292 g/mol. The maximum absolute atomic E-state index is 11.8. The number of amides is 1. The van der Waals surface area contributed by atoms with Gasteiger partial charge in [-0.25, -0.2) is 4.79 Å². The zero-order valence-corrected chi connectivity index (χ0v) is 12.7. The van der Waals surface area contributed by atoms with E-state index in [1.165, 1.54) is 12.1 Å². The lowest BCUT2D eigenvalue weighted by Crippen LogP contribution is -2.54. The molecule has 2 aromatic rings. The van der Waals surface area contributed by atoms with E-state index in [1.54, 1.807) is 12.1 Å². The summed E-state index contributed by atoms with van der Waals surface area (Å²) in [5.41, 5.74) is 12.7. The van der Waals surface area contributed by atoms with Gasteiger partial charge in [0.1, 0.15) is 0 Å². The van der Waals surface area contributed by atoms with Crippen LogP contribution in [0.15, 0.2) is 54.6 Å². The van der Waals surface area contributed by atoms with Gasteiger partial charge in [0.15, 0.2) is 0 Å². The van der Waals surface area contributed by atoms with Crippen LogP contribution in [0.4, 0.5) is 0 Å². The van der Waals surface area contributed by atoms with Gasteiger partial charge in [0, 0.05) is 0 Å². The molecule has 120 valence electrons. The summed E-state index contributed by atoms with van der Waals surface area (Å²) in [6, 6.07) is 16.0. The lowest BCUT2D eigenvalue weighted by Gasteiger charge is -2.26. The van der Waals surface area contributed by atoms with Gasteiger partial charge in [0.05, 0.1) is 11.1 Å². The fourth-order valence-electron chi connectivity index (χ4n) is 2.44. The molecule has 0 aliphatic carbocycles. The molecule has 2 aromatic carbocycles. The number of carbonyl (C=O) groups excluding carboxylic acids is 1. The van der Waals surface area contributed by atoms with Crippen LogP contribution in [-0.2, 0) is 17.6 Å². The van der Waals surface area contributed by atoms with E-state index in [4.69, 9.17) is 16.6 Å². The molecule has 2 rings (SSSR count). The molecule has 0 aromatic heterocycles. The highest BCUT2D eigenvalue weighted by Crippen LogP contribution is 2.18. The van der Waals surface area contributed by atoms with Gasteiger partial charge >= 0.3 is 5.97 Å². The minimum atomic E-state index is -1.13. The molecule has 0 saturated carbocycles. The second kappa shape index (κ2) is 7.07. The first-order chi connectivity index (χ1) is 10.9. The van der Waals surface area contributed by atoms with Crippen LogP contribution in [0.25, 0.3) is 0 Å².